The summed E-state index contributed by atoms with van der Waals surface area (Å²) in [4.78, 5) is 10.6. The third-order valence-electron chi connectivity index (χ3n) is 5.79. The summed E-state index contributed by atoms with van der Waals surface area (Å²) in [5.41, 5.74) is 7.15. The molecule has 35 heavy (non-hydrogen) atoms. The summed E-state index contributed by atoms with van der Waals surface area (Å²) in [7, 11) is 0. The molecule has 0 saturated carbocycles. The lowest BCUT2D eigenvalue weighted by atomic mass is 9.69. The highest BCUT2D eigenvalue weighted by Crippen LogP contribution is 2.15. The van der Waals surface area contributed by atoms with Crippen molar-refractivity contribution in [2.75, 3.05) is 0 Å². The Morgan fingerprint density at radius 2 is 0.600 bits per heavy atom. The minimum Gasteiger partial charge on any atom is -0.308 e. The molecule has 0 aliphatic carbocycles. The fraction of sp³-hybridized carbons (Fsp3) is 0. The van der Waals surface area contributed by atoms with Crippen molar-refractivity contribution in [1.29, 1.82) is 0 Å². The molecule has 0 atom stereocenters. The van der Waals surface area contributed by atoms with Gasteiger partial charge in [-0.15, -0.1) is 0 Å². The van der Waals surface area contributed by atoms with Crippen molar-refractivity contribution in [2.24, 2.45) is 9.81 Å². The lowest BCUT2D eigenvalue weighted by Gasteiger charge is -2.14. The van der Waals surface area contributed by atoms with Crippen molar-refractivity contribution in [3.63, 3.8) is 0 Å². The van der Waals surface area contributed by atoms with Crippen LogP contribution in [0.2, 0.25) is 0 Å². The molecule has 0 fully saturated rings. The smallest absolute Gasteiger partial charge is 0.308 e. The predicted octanol–water partition coefficient (Wildman–Crippen LogP) is 6.46. The van der Waals surface area contributed by atoms with Gasteiger partial charge in [-0.1, -0.05) is 152 Å². The summed E-state index contributed by atoms with van der Waals surface area (Å²) in [6.07, 6.45) is 0. The normalized spacial score (nSPS) is 10.3. The molecule has 2 nitrogen and oxygen atoms in total. The van der Waals surface area contributed by atoms with E-state index >= 15 is 0 Å². The molecule has 0 bridgehead atoms. The first-order chi connectivity index (χ1) is 17.4. The average molecular weight is 448 g/mol. The predicted molar refractivity (Wildman–Crippen MR) is 149 cm³/mol. The van der Waals surface area contributed by atoms with Gasteiger partial charge in [0.15, 0.2) is 0 Å². The molecular formula is C32H25BN2. The quantitative estimate of drug-likeness (QED) is 0.202. The van der Waals surface area contributed by atoms with Gasteiger partial charge in [-0.25, -0.2) is 0 Å². The zero-order chi connectivity index (χ0) is 23.7. The fourth-order valence-corrected chi connectivity index (χ4v) is 4.06. The molecule has 0 saturated heterocycles. The second-order valence-electron chi connectivity index (χ2n) is 8.20. The Bertz CT molecular complexity index is 1220. The van der Waals surface area contributed by atoms with Crippen molar-refractivity contribution < 1.29 is 0 Å². The van der Waals surface area contributed by atoms with Crippen LogP contribution in [0, 0.1) is 0 Å². The molecule has 0 heterocycles. The van der Waals surface area contributed by atoms with E-state index in [0.717, 1.165) is 39.1 Å². The van der Waals surface area contributed by atoms with Crippen LogP contribution in [0.4, 0.5) is 0 Å². The number of benzene rings is 5. The molecule has 0 amide bonds. The molecule has 0 unspecified atom stereocenters. The van der Waals surface area contributed by atoms with E-state index in [9.17, 15) is 0 Å². The van der Waals surface area contributed by atoms with Crippen molar-refractivity contribution in [1.82, 2.24) is 0 Å². The minimum absolute atomic E-state index is 0.415. The first-order valence-corrected chi connectivity index (χ1v) is 11.8. The van der Waals surface area contributed by atoms with Crippen LogP contribution in [-0.2, 0) is 0 Å². The highest BCUT2D eigenvalue weighted by Gasteiger charge is 2.21. The van der Waals surface area contributed by atoms with Crippen LogP contribution in [-0.4, -0.2) is 18.4 Å². The van der Waals surface area contributed by atoms with E-state index in [-0.39, 0.29) is 0 Å². The van der Waals surface area contributed by atoms with Gasteiger partial charge in [0.05, 0.1) is 11.4 Å². The molecular weight excluding hydrogens is 423 g/mol. The van der Waals surface area contributed by atoms with E-state index in [1.165, 1.54) is 0 Å². The van der Waals surface area contributed by atoms with Crippen LogP contribution in [0.5, 0.6) is 0 Å². The van der Waals surface area contributed by atoms with Gasteiger partial charge in [0, 0.05) is 0 Å². The van der Waals surface area contributed by atoms with Crippen molar-refractivity contribution in [2.45, 2.75) is 0 Å². The molecule has 0 aromatic heterocycles. The lowest BCUT2D eigenvalue weighted by Crippen LogP contribution is -2.30. The van der Waals surface area contributed by atoms with Crippen molar-refractivity contribution in [3.8, 4) is 0 Å². The molecule has 0 spiro atoms. The van der Waals surface area contributed by atoms with Gasteiger partial charge in [-0.3, -0.25) is 0 Å². The summed E-state index contributed by atoms with van der Waals surface area (Å²) in [6, 6.07) is 51.7. The Morgan fingerprint density at radius 1 is 0.343 bits per heavy atom. The summed E-state index contributed by atoms with van der Waals surface area (Å²) < 4.78 is 0. The largest absolute Gasteiger partial charge is 0.449 e. The van der Waals surface area contributed by atoms with E-state index in [0.29, 0.717) is 0 Å². The van der Waals surface area contributed by atoms with Gasteiger partial charge in [0.2, 0.25) is 0 Å². The molecule has 0 aliphatic heterocycles. The highest BCUT2D eigenvalue weighted by molar-refractivity contribution is 6.73. The molecule has 5 aromatic carbocycles. The highest BCUT2D eigenvalue weighted by atomic mass is 14.8. The summed E-state index contributed by atoms with van der Waals surface area (Å²) in [5.74, 6) is 0. The van der Waals surface area contributed by atoms with Crippen LogP contribution >= 0.6 is 0 Å². The van der Waals surface area contributed by atoms with Crippen LogP contribution < -0.4 is 5.46 Å². The Labute approximate surface area is 207 Å². The van der Waals surface area contributed by atoms with E-state index in [4.69, 9.17) is 9.81 Å². The number of rotatable bonds is 7. The maximum atomic E-state index is 5.31. The van der Waals surface area contributed by atoms with Gasteiger partial charge in [-0.05, 0) is 27.7 Å². The maximum Gasteiger partial charge on any atom is 0.449 e. The Hall–Kier alpha value is -4.50. The zero-order valence-corrected chi connectivity index (χ0v) is 19.4. The Balaban J connectivity index is 1.73. The lowest BCUT2D eigenvalue weighted by molar-refractivity contribution is 1.51. The van der Waals surface area contributed by atoms with E-state index in [2.05, 4.69) is 60.7 Å². The van der Waals surface area contributed by atoms with E-state index in [1.807, 2.05) is 91.0 Å². The van der Waals surface area contributed by atoms with Gasteiger partial charge in [0.25, 0.3) is 0 Å². The zero-order valence-electron chi connectivity index (χ0n) is 19.4. The van der Waals surface area contributed by atoms with Gasteiger partial charge in [0.1, 0.15) is 0 Å². The third kappa shape index (κ3) is 5.53. The first kappa shape index (κ1) is 22.3. The molecule has 3 heteroatoms. The molecule has 0 N–H and O–H groups in total. The Kier molecular flexibility index (Phi) is 7.06. The van der Waals surface area contributed by atoms with Crippen LogP contribution in [0.25, 0.3) is 0 Å². The van der Waals surface area contributed by atoms with Crippen LogP contribution in [0.3, 0.4) is 0 Å². The number of nitrogens with zero attached hydrogens (tertiary/aromatic N) is 2. The van der Waals surface area contributed by atoms with Gasteiger partial charge >= 0.3 is 6.98 Å². The van der Waals surface area contributed by atoms with Crippen molar-refractivity contribution in [3.05, 3.63) is 174 Å². The molecule has 0 radical (unpaired) electrons. The van der Waals surface area contributed by atoms with E-state index in [1.54, 1.807) is 0 Å². The summed E-state index contributed by atoms with van der Waals surface area (Å²) in [5, 5.41) is 0. The third-order valence-corrected chi connectivity index (χ3v) is 5.79. The Morgan fingerprint density at radius 3 is 0.886 bits per heavy atom. The second kappa shape index (κ2) is 11.1. The monoisotopic (exact) mass is 448 g/mol. The number of hydrogen-bond acceptors (Lipinski definition) is 2. The van der Waals surface area contributed by atoms with Crippen LogP contribution in [0.15, 0.2) is 161 Å². The van der Waals surface area contributed by atoms with Crippen LogP contribution in [0.1, 0.15) is 22.3 Å². The number of hydrogen-bond donors (Lipinski definition) is 0. The van der Waals surface area contributed by atoms with E-state index < -0.39 is 6.98 Å². The standard InChI is InChI=1S/C32H25BN2/c1-6-16-26(17-7-1)31(27-18-8-2-9-19-27)34-33(30-24-14-5-15-25-30)35-32(28-20-10-3-11-21-28)29-22-12-4-13-23-29/h1-25H. The van der Waals surface area contributed by atoms with Gasteiger partial charge in [-0.2, -0.15) is 0 Å². The molecule has 166 valence electrons. The molecule has 5 aromatic rings. The SMILES string of the molecule is c1ccc(B(N=C(c2ccccc2)c2ccccc2)N=C(c2ccccc2)c2ccccc2)cc1. The second-order valence-corrected chi connectivity index (χ2v) is 8.20. The fourth-order valence-electron chi connectivity index (χ4n) is 4.06. The topological polar surface area (TPSA) is 24.7 Å². The molecule has 5 rings (SSSR count). The van der Waals surface area contributed by atoms with Crippen molar-refractivity contribution >= 4 is 23.9 Å². The van der Waals surface area contributed by atoms with Gasteiger partial charge < -0.3 is 9.81 Å². The first-order valence-electron chi connectivity index (χ1n) is 11.8. The summed E-state index contributed by atoms with van der Waals surface area (Å²) >= 11 is 0. The maximum absolute atomic E-state index is 5.31. The average Bonchev–Trinajstić information content (AvgIpc) is 2.95. The molecule has 0 aliphatic rings. The summed E-state index contributed by atoms with van der Waals surface area (Å²) in [6.45, 7) is -0.415. The minimum atomic E-state index is -0.415.